The summed E-state index contributed by atoms with van der Waals surface area (Å²) in [4.78, 5) is 13.9. The second kappa shape index (κ2) is 5.43. The highest BCUT2D eigenvalue weighted by atomic mass is 35.5. The van der Waals surface area contributed by atoms with Crippen molar-refractivity contribution in [1.29, 1.82) is 0 Å². The van der Waals surface area contributed by atoms with E-state index in [2.05, 4.69) is 5.32 Å². The van der Waals surface area contributed by atoms with E-state index in [1.54, 1.807) is 4.90 Å². The minimum absolute atomic E-state index is 0.0746. The molecule has 1 aliphatic rings. The molecule has 1 fully saturated rings. The third-order valence-corrected chi connectivity index (χ3v) is 3.59. The predicted molar refractivity (Wildman–Crippen MR) is 69.3 cm³/mol. The first-order valence-electron chi connectivity index (χ1n) is 6.09. The van der Waals surface area contributed by atoms with E-state index in [0.29, 0.717) is 13.1 Å². The van der Waals surface area contributed by atoms with Crippen molar-refractivity contribution in [3.8, 4) is 0 Å². The van der Waals surface area contributed by atoms with Crippen LogP contribution in [0.3, 0.4) is 0 Å². The Balaban J connectivity index is 2.35. The lowest BCUT2D eigenvalue weighted by Crippen LogP contribution is -2.57. The fraction of sp³-hybridized carbons (Fsp3) is 0.462. The Labute approximate surface area is 115 Å². The van der Waals surface area contributed by atoms with Crippen molar-refractivity contribution < 1.29 is 13.6 Å². The topological polar surface area (TPSA) is 32.3 Å². The second-order valence-corrected chi connectivity index (χ2v) is 5.22. The van der Waals surface area contributed by atoms with Crippen LogP contribution in [0.5, 0.6) is 0 Å². The lowest BCUT2D eigenvalue weighted by molar-refractivity contribution is 0.0539. The zero-order valence-corrected chi connectivity index (χ0v) is 11.5. The SMILES string of the molecule is CC1CNCC(C)N1C(=O)c1cc(F)c(Cl)cc1F. The molecule has 6 heteroatoms. The van der Waals surface area contributed by atoms with E-state index < -0.39 is 17.5 Å². The first kappa shape index (κ1) is 14.2. The molecule has 1 heterocycles. The number of amides is 1. The van der Waals surface area contributed by atoms with E-state index in [1.807, 2.05) is 13.8 Å². The molecule has 19 heavy (non-hydrogen) atoms. The molecule has 3 nitrogen and oxygen atoms in total. The van der Waals surface area contributed by atoms with Gasteiger partial charge in [-0.3, -0.25) is 4.79 Å². The molecule has 1 saturated heterocycles. The molecule has 2 atom stereocenters. The van der Waals surface area contributed by atoms with Crippen molar-refractivity contribution in [2.75, 3.05) is 13.1 Å². The number of nitrogens with zero attached hydrogens (tertiary/aromatic N) is 1. The summed E-state index contributed by atoms with van der Waals surface area (Å²) in [7, 11) is 0. The molecule has 0 radical (unpaired) electrons. The number of halogens is 3. The van der Waals surface area contributed by atoms with Crippen molar-refractivity contribution >= 4 is 17.5 Å². The van der Waals surface area contributed by atoms with Crippen LogP contribution < -0.4 is 5.32 Å². The van der Waals surface area contributed by atoms with Gasteiger partial charge < -0.3 is 10.2 Å². The predicted octanol–water partition coefficient (Wildman–Crippen LogP) is 2.44. The Hall–Kier alpha value is -1.20. The minimum atomic E-state index is -0.797. The summed E-state index contributed by atoms with van der Waals surface area (Å²) in [5, 5.41) is 2.85. The van der Waals surface area contributed by atoms with Crippen LogP contribution in [-0.2, 0) is 0 Å². The Bertz CT molecular complexity index is 500. The van der Waals surface area contributed by atoms with Crippen molar-refractivity contribution in [1.82, 2.24) is 10.2 Å². The van der Waals surface area contributed by atoms with Gasteiger partial charge >= 0.3 is 0 Å². The smallest absolute Gasteiger partial charge is 0.257 e. The monoisotopic (exact) mass is 288 g/mol. The van der Waals surface area contributed by atoms with Crippen LogP contribution in [0.1, 0.15) is 24.2 Å². The lowest BCUT2D eigenvalue weighted by atomic mass is 10.1. The van der Waals surface area contributed by atoms with E-state index in [4.69, 9.17) is 11.6 Å². The van der Waals surface area contributed by atoms with E-state index in [1.165, 1.54) is 0 Å². The van der Waals surface area contributed by atoms with Gasteiger partial charge in [0.05, 0.1) is 10.6 Å². The molecule has 104 valence electrons. The Kier molecular flexibility index (Phi) is 4.06. The van der Waals surface area contributed by atoms with Crippen LogP contribution in [-0.4, -0.2) is 36.0 Å². The number of nitrogens with one attached hydrogen (secondary N) is 1. The summed E-state index contributed by atoms with van der Waals surface area (Å²) in [6.07, 6.45) is 0. The Morgan fingerprint density at radius 1 is 1.26 bits per heavy atom. The fourth-order valence-electron chi connectivity index (χ4n) is 2.36. The van der Waals surface area contributed by atoms with Gasteiger partial charge in [-0.1, -0.05) is 11.6 Å². The Morgan fingerprint density at radius 3 is 2.42 bits per heavy atom. The number of hydrogen-bond acceptors (Lipinski definition) is 2. The van der Waals surface area contributed by atoms with Crippen LogP contribution in [0, 0.1) is 11.6 Å². The molecule has 1 aliphatic heterocycles. The average Bonchev–Trinajstić information content (AvgIpc) is 2.33. The summed E-state index contributed by atoms with van der Waals surface area (Å²) in [5.41, 5.74) is -0.275. The van der Waals surface area contributed by atoms with Crippen LogP contribution >= 0.6 is 11.6 Å². The standard InChI is InChI=1S/C13H15ClF2N2O/c1-7-5-17-6-8(2)18(7)13(19)9-3-12(16)10(14)4-11(9)15/h3-4,7-8,17H,5-6H2,1-2H3. The van der Waals surface area contributed by atoms with Crippen molar-refractivity contribution in [3.05, 3.63) is 34.4 Å². The molecule has 1 aromatic carbocycles. The van der Waals surface area contributed by atoms with Crippen LogP contribution in [0.4, 0.5) is 8.78 Å². The molecule has 0 bridgehead atoms. The van der Waals surface area contributed by atoms with E-state index in [-0.39, 0.29) is 22.7 Å². The van der Waals surface area contributed by atoms with Gasteiger partial charge in [-0.05, 0) is 26.0 Å². The Morgan fingerprint density at radius 2 is 1.84 bits per heavy atom. The molecular formula is C13H15ClF2N2O. The highest BCUT2D eigenvalue weighted by Crippen LogP contribution is 2.22. The van der Waals surface area contributed by atoms with Gasteiger partial charge in [0.2, 0.25) is 0 Å². The molecule has 1 amide bonds. The van der Waals surface area contributed by atoms with Crippen molar-refractivity contribution in [2.45, 2.75) is 25.9 Å². The zero-order chi connectivity index (χ0) is 14.2. The molecule has 1 aromatic rings. The van der Waals surface area contributed by atoms with Gasteiger partial charge in [0, 0.05) is 25.2 Å². The van der Waals surface area contributed by atoms with Gasteiger partial charge in [-0.15, -0.1) is 0 Å². The molecule has 1 N–H and O–H groups in total. The molecule has 0 spiro atoms. The lowest BCUT2D eigenvalue weighted by Gasteiger charge is -2.39. The summed E-state index contributed by atoms with van der Waals surface area (Å²) >= 11 is 5.48. The molecule has 2 rings (SSSR count). The third-order valence-electron chi connectivity index (χ3n) is 3.30. The van der Waals surface area contributed by atoms with Crippen LogP contribution in [0.25, 0.3) is 0 Å². The highest BCUT2D eigenvalue weighted by molar-refractivity contribution is 6.30. The van der Waals surface area contributed by atoms with Gasteiger partial charge in [-0.25, -0.2) is 8.78 Å². The van der Waals surface area contributed by atoms with Crippen molar-refractivity contribution in [2.24, 2.45) is 0 Å². The third kappa shape index (κ3) is 2.72. The largest absolute Gasteiger partial charge is 0.331 e. The molecule has 0 saturated carbocycles. The maximum atomic E-state index is 13.8. The second-order valence-electron chi connectivity index (χ2n) is 4.81. The maximum Gasteiger partial charge on any atom is 0.257 e. The van der Waals surface area contributed by atoms with E-state index in [0.717, 1.165) is 12.1 Å². The van der Waals surface area contributed by atoms with E-state index >= 15 is 0 Å². The molecule has 0 aromatic heterocycles. The number of hydrogen-bond donors (Lipinski definition) is 1. The number of carbonyl (C=O) groups is 1. The fourth-order valence-corrected chi connectivity index (χ4v) is 2.51. The summed E-state index contributed by atoms with van der Waals surface area (Å²) < 4.78 is 27.2. The summed E-state index contributed by atoms with van der Waals surface area (Å²) in [6, 6.07) is 1.55. The zero-order valence-electron chi connectivity index (χ0n) is 10.7. The number of benzene rings is 1. The first-order valence-corrected chi connectivity index (χ1v) is 6.47. The van der Waals surface area contributed by atoms with Gasteiger partial charge in [-0.2, -0.15) is 0 Å². The van der Waals surface area contributed by atoms with Gasteiger partial charge in [0.25, 0.3) is 5.91 Å². The number of carbonyl (C=O) groups excluding carboxylic acids is 1. The summed E-state index contributed by atoms with van der Waals surface area (Å²) in [6.45, 7) is 5.00. The quantitative estimate of drug-likeness (QED) is 0.805. The van der Waals surface area contributed by atoms with Gasteiger partial charge in [0.1, 0.15) is 11.6 Å². The normalized spacial score (nSPS) is 23.5. The molecule has 2 unspecified atom stereocenters. The highest BCUT2D eigenvalue weighted by Gasteiger charge is 2.31. The molecule has 0 aliphatic carbocycles. The van der Waals surface area contributed by atoms with Crippen LogP contribution in [0.2, 0.25) is 5.02 Å². The van der Waals surface area contributed by atoms with E-state index in [9.17, 15) is 13.6 Å². The number of piperazine rings is 1. The number of rotatable bonds is 1. The summed E-state index contributed by atoms with van der Waals surface area (Å²) in [5.74, 6) is -2.09. The first-order chi connectivity index (χ1) is 8.91. The van der Waals surface area contributed by atoms with Gasteiger partial charge in [0.15, 0.2) is 0 Å². The van der Waals surface area contributed by atoms with Crippen LogP contribution in [0.15, 0.2) is 12.1 Å². The van der Waals surface area contributed by atoms with Crippen molar-refractivity contribution in [3.63, 3.8) is 0 Å². The maximum absolute atomic E-state index is 13.8. The average molecular weight is 289 g/mol. The minimum Gasteiger partial charge on any atom is -0.331 e. The molecular weight excluding hydrogens is 274 g/mol.